The maximum atomic E-state index is 13.2. The quantitative estimate of drug-likeness (QED) is 0.883. The largest absolute Gasteiger partial charge is 0.378 e. The molecule has 2 N–H and O–H groups in total. The van der Waals surface area contributed by atoms with Crippen LogP contribution in [0, 0.1) is 5.82 Å². The van der Waals surface area contributed by atoms with Crippen molar-refractivity contribution in [2.45, 2.75) is 19.1 Å². The van der Waals surface area contributed by atoms with E-state index in [1.54, 1.807) is 0 Å². The van der Waals surface area contributed by atoms with Gasteiger partial charge in [0.1, 0.15) is 5.82 Å². The van der Waals surface area contributed by atoms with Crippen LogP contribution in [-0.4, -0.2) is 35.5 Å². The lowest BCUT2D eigenvalue weighted by molar-refractivity contribution is -0.129. The predicted molar refractivity (Wildman–Crippen MR) is 89.8 cm³/mol. The van der Waals surface area contributed by atoms with Crippen LogP contribution >= 0.6 is 0 Å². The lowest BCUT2D eigenvalue weighted by Gasteiger charge is -2.28. The van der Waals surface area contributed by atoms with Crippen molar-refractivity contribution in [3.63, 3.8) is 0 Å². The second-order valence-electron chi connectivity index (χ2n) is 6.04. The molecule has 0 saturated carbocycles. The molecular formula is C19H21FN2O2. The first-order valence-corrected chi connectivity index (χ1v) is 8.14. The van der Waals surface area contributed by atoms with Gasteiger partial charge in [-0.3, -0.25) is 9.69 Å². The molecule has 24 heavy (non-hydrogen) atoms. The van der Waals surface area contributed by atoms with Crippen LogP contribution in [0.2, 0.25) is 0 Å². The number of rotatable bonds is 5. The second-order valence-corrected chi connectivity index (χ2v) is 6.04. The Kier molecular flexibility index (Phi) is 5.23. The summed E-state index contributed by atoms with van der Waals surface area (Å²) in [5.41, 5.74) is 2.98. The molecule has 2 aromatic rings. The highest BCUT2D eigenvalue weighted by molar-refractivity contribution is 5.81. The van der Waals surface area contributed by atoms with Crippen molar-refractivity contribution in [3.05, 3.63) is 71.0 Å². The van der Waals surface area contributed by atoms with Gasteiger partial charge in [0.15, 0.2) is 6.10 Å². The molecule has 1 heterocycles. The molecule has 1 amide bonds. The number of carbonyl (C=O) groups is 1. The van der Waals surface area contributed by atoms with E-state index in [2.05, 4.69) is 28.4 Å². The highest BCUT2D eigenvalue weighted by atomic mass is 19.1. The van der Waals surface area contributed by atoms with E-state index >= 15 is 0 Å². The number of halogens is 1. The van der Waals surface area contributed by atoms with E-state index in [4.69, 9.17) is 0 Å². The van der Waals surface area contributed by atoms with Gasteiger partial charge in [-0.1, -0.05) is 36.4 Å². The third-order valence-electron chi connectivity index (χ3n) is 4.35. The molecule has 126 valence electrons. The van der Waals surface area contributed by atoms with Crippen molar-refractivity contribution in [2.75, 3.05) is 19.6 Å². The molecule has 0 fully saturated rings. The number of nitrogens with one attached hydrogen (secondary N) is 1. The Morgan fingerprint density at radius 2 is 2.00 bits per heavy atom. The van der Waals surface area contributed by atoms with E-state index in [1.807, 2.05) is 6.07 Å². The van der Waals surface area contributed by atoms with Crippen molar-refractivity contribution in [1.82, 2.24) is 10.2 Å². The number of amides is 1. The van der Waals surface area contributed by atoms with Crippen LogP contribution in [0.1, 0.15) is 22.8 Å². The highest BCUT2D eigenvalue weighted by Gasteiger charge is 2.19. The summed E-state index contributed by atoms with van der Waals surface area (Å²) in [5.74, 6) is -0.968. The predicted octanol–water partition coefficient (Wildman–Crippen LogP) is 2.03. The number of aliphatic hydroxyl groups excluding tert-OH is 1. The van der Waals surface area contributed by atoms with Gasteiger partial charge in [-0.25, -0.2) is 4.39 Å². The van der Waals surface area contributed by atoms with Gasteiger partial charge in [0.2, 0.25) is 0 Å². The Morgan fingerprint density at radius 1 is 1.21 bits per heavy atom. The molecule has 0 radical (unpaired) electrons. The first kappa shape index (κ1) is 16.6. The minimum absolute atomic E-state index is 0.263. The lowest BCUT2D eigenvalue weighted by Crippen LogP contribution is -2.39. The van der Waals surface area contributed by atoms with Crippen LogP contribution in [-0.2, 0) is 17.8 Å². The van der Waals surface area contributed by atoms with Gasteiger partial charge in [0.25, 0.3) is 5.91 Å². The van der Waals surface area contributed by atoms with Crippen molar-refractivity contribution in [2.24, 2.45) is 0 Å². The van der Waals surface area contributed by atoms with Crippen molar-refractivity contribution in [1.29, 1.82) is 0 Å². The molecule has 0 unspecified atom stereocenters. The molecule has 1 aliphatic rings. The van der Waals surface area contributed by atoms with Gasteiger partial charge in [-0.2, -0.15) is 0 Å². The second kappa shape index (κ2) is 7.55. The molecule has 0 aromatic heterocycles. The van der Waals surface area contributed by atoms with E-state index in [1.165, 1.54) is 35.4 Å². The summed E-state index contributed by atoms with van der Waals surface area (Å²) < 4.78 is 13.2. The van der Waals surface area contributed by atoms with Crippen LogP contribution in [0.4, 0.5) is 4.39 Å². The fourth-order valence-electron chi connectivity index (χ4n) is 3.01. The fourth-order valence-corrected chi connectivity index (χ4v) is 3.01. The molecule has 0 bridgehead atoms. The average molecular weight is 328 g/mol. The molecule has 2 aromatic carbocycles. The van der Waals surface area contributed by atoms with Gasteiger partial charge in [0.05, 0.1) is 0 Å². The summed E-state index contributed by atoms with van der Waals surface area (Å²) in [6.07, 6.45) is -0.335. The topological polar surface area (TPSA) is 52.6 Å². The number of aliphatic hydroxyl groups is 1. The molecule has 5 heteroatoms. The number of carbonyl (C=O) groups excluding carboxylic acids is 1. The zero-order valence-corrected chi connectivity index (χ0v) is 13.4. The van der Waals surface area contributed by atoms with Crippen molar-refractivity contribution in [3.8, 4) is 0 Å². The zero-order chi connectivity index (χ0) is 16.9. The van der Waals surface area contributed by atoms with Crippen LogP contribution in [0.15, 0.2) is 48.5 Å². The minimum Gasteiger partial charge on any atom is -0.378 e. The van der Waals surface area contributed by atoms with E-state index in [-0.39, 0.29) is 5.56 Å². The van der Waals surface area contributed by atoms with Crippen LogP contribution < -0.4 is 5.32 Å². The number of fused-ring (bicyclic) bond motifs is 1. The normalized spacial score (nSPS) is 15.6. The third-order valence-corrected chi connectivity index (χ3v) is 4.35. The van der Waals surface area contributed by atoms with E-state index < -0.39 is 17.8 Å². The summed E-state index contributed by atoms with van der Waals surface area (Å²) in [6.45, 7) is 3.00. The van der Waals surface area contributed by atoms with E-state index in [0.717, 1.165) is 26.1 Å². The Labute approximate surface area is 140 Å². The van der Waals surface area contributed by atoms with Crippen LogP contribution in [0.3, 0.4) is 0 Å². The van der Waals surface area contributed by atoms with E-state index in [9.17, 15) is 14.3 Å². The van der Waals surface area contributed by atoms with Crippen molar-refractivity contribution < 1.29 is 14.3 Å². The highest BCUT2D eigenvalue weighted by Crippen LogP contribution is 2.18. The molecule has 1 atom stereocenters. The number of benzene rings is 2. The van der Waals surface area contributed by atoms with Gasteiger partial charge in [-0.05, 0) is 35.2 Å². The van der Waals surface area contributed by atoms with Gasteiger partial charge in [-0.15, -0.1) is 0 Å². The monoisotopic (exact) mass is 328 g/mol. The molecule has 4 nitrogen and oxygen atoms in total. The lowest BCUT2D eigenvalue weighted by atomic mass is 10.00. The summed E-state index contributed by atoms with van der Waals surface area (Å²) in [7, 11) is 0. The first-order valence-electron chi connectivity index (χ1n) is 8.14. The fraction of sp³-hybridized carbons (Fsp3) is 0.316. The van der Waals surface area contributed by atoms with E-state index in [0.29, 0.717) is 6.54 Å². The number of hydrogen-bond acceptors (Lipinski definition) is 3. The molecule has 0 spiro atoms. The molecule has 0 saturated heterocycles. The zero-order valence-electron chi connectivity index (χ0n) is 13.4. The first-order chi connectivity index (χ1) is 11.6. The SMILES string of the molecule is O=C(NCCN1CCc2ccccc2C1)[C@@H](O)c1cccc(F)c1. The maximum absolute atomic E-state index is 13.2. The Morgan fingerprint density at radius 3 is 2.79 bits per heavy atom. The molecule has 3 rings (SSSR count). The summed E-state index contributed by atoms with van der Waals surface area (Å²) >= 11 is 0. The maximum Gasteiger partial charge on any atom is 0.253 e. The standard InChI is InChI=1S/C19H21FN2O2/c20-17-7-3-6-15(12-17)18(23)19(24)21-9-11-22-10-8-14-4-1-2-5-16(14)13-22/h1-7,12,18,23H,8-11,13H2,(H,21,24)/t18-/m0/s1. The van der Waals surface area contributed by atoms with Crippen LogP contribution in [0.25, 0.3) is 0 Å². The summed E-state index contributed by atoms with van der Waals surface area (Å²) in [5, 5.41) is 12.7. The molecule has 0 aliphatic carbocycles. The Balaban J connectivity index is 1.47. The molecule has 1 aliphatic heterocycles. The number of nitrogens with zero attached hydrogens (tertiary/aromatic N) is 1. The number of hydrogen-bond donors (Lipinski definition) is 2. The smallest absolute Gasteiger partial charge is 0.253 e. The average Bonchev–Trinajstić information content (AvgIpc) is 2.61. The van der Waals surface area contributed by atoms with Gasteiger partial charge >= 0.3 is 0 Å². The van der Waals surface area contributed by atoms with Crippen molar-refractivity contribution >= 4 is 5.91 Å². The third kappa shape index (κ3) is 3.99. The Bertz CT molecular complexity index is 720. The van der Waals surface area contributed by atoms with Gasteiger partial charge < -0.3 is 10.4 Å². The minimum atomic E-state index is -1.34. The summed E-state index contributed by atoms with van der Waals surface area (Å²) in [6, 6.07) is 13.9. The van der Waals surface area contributed by atoms with Gasteiger partial charge in [0, 0.05) is 26.2 Å². The Hall–Kier alpha value is -2.24. The van der Waals surface area contributed by atoms with Crippen LogP contribution in [0.5, 0.6) is 0 Å². The summed E-state index contributed by atoms with van der Waals surface area (Å²) in [4.78, 5) is 14.3. The molecular weight excluding hydrogens is 307 g/mol.